The molecule has 0 saturated carbocycles. The third-order valence-electron chi connectivity index (χ3n) is 2.72. The van der Waals surface area contributed by atoms with Crippen LogP contribution >= 0.6 is 11.3 Å². The summed E-state index contributed by atoms with van der Waals surface area (Å²) in [5.74, 6) is 0.594. The first kappa shape index (κ1) is 13.6. The number of hydrogen-bond donors (Lipinski definition) is 2. The number of aromatic nitrogens is 1. The Labute approximate surface area is 115 Å². The molecule has 0 spiro atoms. The molecule has 0 aliphatic heterocycles. The Hall–Kier alpha value is -1.82. The summed E-state index contributed by atoms with van der Waals surface area (Å²) in [5.41, 5.74) is 6.05. The Kier molecular flexibility index (Phi) is 4.57. The first-order valence-electron chi connectivity index (χ1n) is 6.16. The molecule has 0 fully saturated rings. The van der Waals surface area contributed by atoms with Crippen LogP contribution in [0, 0.1) is 0 Å². The van der Waals surface area contributed by atoms with Gasteiger partial charge >= 0.3 is 0 Å². The van der Waals surface area contributed by atoms with Crippen molar-refractivity contribution in [3.63, 3.8) is 0 Å². The van der Waals surface area contributed by atoms with E-state index in [9.17, 15) is 4.79 Å². The van der Waals surface area contributed by atoms with Crippen LogP contribution in [0.25, 0.3) is 10.2 Å². The molecule has 0 aliphatic carbocycles. The van der Waals surface area contributed by atoms with Gasteiger partial charge in [0.2, 0.25) is 5.91 Å². The predicted octanol–water partition coefficient (Wildman–Crippen LogP) is 2.37. The fourth-order valence-electron chi connectivity index (χ4n) is 1.73. The van der Waals surface area contributed by atoms with Crippen LogP contribution in [-0.2, 0) is 4.79 Å². The van der Waals surface area contributed by atoms with Gasteiger partial charge in [-0.3, -0.25) is 4.79 Å². The lowest BCUT2D eigenvalue weighted by atomic mass is 10.2. The molecule has 2 rings (SSSR count). The summed E-state index contributed by atoms with van der Waals surface area (Å²) in [7, 11) is 1.65. The maximum absolute atomic E-state index is 10.6. The number of hydrogen-bond acceptors (Lipinski definition) is 5. The maximum Gasteiger partial charge on any atom is 0.217 e. The Bertz CT molecular complexity index is 568. The van der Waals surface area contributed by atoms with Crippen molar-refractivity contribution in [1.29, 1.82) is 0 Å². The molecule has 19 heavy (non-hydrogen) atoms. The average molecular weight is 279 g/mol. The van der Waals surface area contributed by atoms with E-state index in [2.05, 4.69) is 10.3 Å². The number of fused-ring (bicyclic) bond motifs is 1. The van der Waals surface area contributed by atoms with Gasteiger partial charge < -0.3 is 15.8 Å². The summed E-state index contributed by atoms with van der Waals surface area (Å²) >= 11 is 1.60. The number of nitrogens with two attached hydrogens (primary N) is 1. The van der Waals surface area contributed by atoms with Gasteiger partial charge in [-0.1, -0.05) is 11.3 Å². The van der Waals surface area contributed by atoms with Crippen molar-refractivity contribution in [3.05, 3.63) is 18.2 Å². The molecule has 1 heterocycles. The van der Waals surface area contributed by atoms with E-state index in [1.807, 2.05) is 18.2 Å². The molecule has 2 aromatic rings. The lowest BCUT2D eigenvalue weighted by Gasteiger charge is -2.00. The molecule has 0 unspecified atom stereocenters. The second-order valence-electron chi connectivity index (χ2n) is 4.20. The quantitative estimate of drug-likeness (QED) is 0.763. The van der Waals surface area contributed by atoms with Gasteiger partial charge in [0.1, 0.15) is 5.75 Å². The van der Waals surface area contributed by atoms with Crippen molar-refractivity contribution in [1.82, 2.24) is 4.98 Å². The zero-order chi connectivity index (χ0) is 13.7. The molecule has 1 aromatic heterocycles. The lowest BCUT2D eigenvalue weighted by Crippen LogP contribution is -2.10. The molecule has 0 saturated heterocycles. The monoisotopic (exact) mass is 279 g/mol. The molecule has 5 nitrogen and oxygen atoms in total. The highest BCUT2D eigenvalue weighted by molar-refractivity contribution is 7.22. The molecule has 0 atom stereocenters. The number of primary amides is 1. The summed E-state index contributed by atoms with van der Waals surface area (Å²) in [6.07, 6.45) is 2.15. The number of benzene rings is 1. The number of carbonyl (C=O) groups is 1. The summed E-state index contributed by atoms with van der Waals surface area (Å²) < 4.78 is 6.28. The number of methoxy groups -OCH3 is 1. The van der Waals surface area contributed by atoms with Crippen LogP contribution in [0.2, 0.25) is 0 Å². The molecular weight excluding hydrogens is 262 g/mol. The van der Waals surface area contributed by atoms with Gasteiger partial charge in [-0.25, -0.2) is 4.98 Å². The maximum atomic E-state index is 10.6. The minimum absolute atomic E-state index is 0.243. The minimum Gasteiger partial charge on any atom is -0.497 e. The molecule has 0 aliphatic rings. The highest BCUT2D eigenvalue weighted by Crippen LogP contribution is 2.29. The Morgan fingerprint density at radius 3 is 3.05 bits per heavy atom. The van der Waals surface area contributed by atoms with Crippen LogP contribution in [-0.4, -0.2) is 24.5 Å². The summed E-state index contributed by atoms with van der Waals surface area (Å²) in [6.45, 7) is 0.796. The van der Waals surface area contributed by atoms with Gasteiger partial charge in [0, 0.05) is 13.0 Å². The highest BCUT2D eigenvalue weighted by Gasteiger charge is 2.04. The SMILES string of the molecule is COc1ccc2nc(NCCCCC(N)=O)sc2c1. The normalized spacial score (nSPS) is 10.6. The largest absolute Gasteiger partial charge is 0.497 e. The number of amides is 1. The molecular formula is C13H17N3O2S. The molecule has 102 valence electrons. The second-order valence-corrected chi connectivity index (χ2v) is 5.23. The standard InChI is InChI=1S/C13H17N3O2S/c1-18-9-5-6-10-11(8-9)19-13(16-10)15-7-3-2-4-12(14)17/h5-6,8H,2-4,7H2,1H3,(H2,14,17)(H,15,16). The van der Waals surface area contributed by atoms with Gasteiger partial charge in [-0.2, -0.15) is 0 Å². The molecule has 0 radical (unpaired) electrons. The van der Waals surface area contributed by atoms with Crippen LogP contribution in [0.3, 0.4) is 0 Å². The number of unbranched alkanes of at least 4 members (excludes halogenated alkanes) is 1. The number of thiazole rings is 1. The van der Waals surface area contributed by atoms with Gasteiger partial charge in [-0.05, 0) is 31.0 Å². The third kappa shape index (κ3) is 3.82. The van der Waals surface area contributed by atoms with E-state index in [4.69, 9.17) is 10.5 Å². The van der Waals surface area contributed by atoms with Crippen molar-refractivity contribution in [3.8, 4) is 5.75 Å². The van der Waals surface area contributed by atoms with E-state index in [0.29, 0.717) is 6.42 Å². The summed E-state index contributed by atoms with van der Waals surface area (Å²) in [6, 6.07) is 5.83. The van der Waals surface area contributed by atoms with Crippen molar-refractivity contribution in [2.45, 2.75) is 19.3 Å². The van der Waals surface area contributed by atoms with Gasteiger partial charge in [0.15, 0.2) is 5.13 Å². The number of anilines is 1. The first-order chi connectivity index (χ1) is 9.19. The molecule has 1 amide bonds. The lowest BCUT2D eigenvalue weighted by molar-refractivity contribution is -0.118. The minimum atomic E-state index is -0.243. The molecule has 1 aromatic carbocycles. The van der Waals surface area contributed by atoms with Gasteiger partial charge in [-0.15, -0.1) is 0 Å². The van der Waals surface area contributed by atoms with Crippen molar-refractivity contribution in [2.75, 3.05) is 19.0 Å². The summed E-state index contributed by atoms with van der Waals surface area (Å²) in [4.78, 5) is 15.1. The third-order valence-corrected chi connectivity index (χ3v) is 3.70. The number of nitrogens with zero attached hydrogens (tertiary/aromatic N) is 1. The van der Waals surface area contributed by atoms with Crippen LogP contribution in [0.5, 0.6) is 5.75 Å². The number of nitrogens with one attached hydrogen (secondary N) is 1. The zero-order valence-electron chi connectivity index (χ0n) is 10.8. The van der Waals surface area contributed by atoms with E-state index in [0.717, 1.165) is 40.5 Å². The van der Waals surface area contributed by atoms with Crippen LogP contribution in [0.1, 0.15) is 19.3 Å². The number of ether oxygens (including phenoxy) is 1. The van der Waals surface area contributed by atoms with Gasteiger partial charge in [0.25, 0.3) is 0 Å². The zero-order valence-corrected chi connectivity index (χ0v) is 11.6. The average Bonchev–Trinajstić information content (AvgIpc) is 2.79. The van der Waals surface area contributed by atoms with Crippen LogP contribution < -0.4 is 15.8 Å². The highest BCUT2D eigenvalue weighted by atomic mass is 32.1. The Morgan fingerprint density at radius 1 is 1.47 bits per heavy atom. The van der Waals surface area contributed by atoms with Crippen LogP contribution in [0.4, 0.5) is 5.13 Å². The second kappa shape index (κ2) is 6.38. The van der Waals surface area contributed by atoms with Crippen molar-refractivity contribution < 1.29 is 9.53 Å². The van der Waals surface area contributed by atoms with Gasteiger partial charge in [0.05, 0.1) is 17.3 Å². The molecule has 3 N–H and O–H groups in total. The Balaban J connectivity index is 1.89. The van der Waals surface area contributed by atoms with Crippen molar-refractivity contribution in [2.24, 2.45) is 5.73 Å². The number of rotatable bonds is 7. The smallest absolute Gasteiger partial charge is 0.217 e. The Morgan fingerprint density at radius 2 is 2.32 bits per heavy atom. The number of carbonyl (C=O) groups excluding carboxylic acids is 1. The topological polar surface area (TPSA) is 77.2 Å². The summed E-state index contributed by atoms with van der Waals surface area (Å²) in [5, 5.41) is 4.15. The fraction of sp³-hybridized carbons (Fsp3) is 0.385. The fourth-order valence-corrected chi connectivity index (χ4v) is 2.65. The van der Waals surface area contributed by atoms with Crippen LogP contribution in [0.15, 0.2) is 18.2 Å². The van der Waals surface area contributed by atoms with E-state index in [1.54, 1.807) is 18.4 Å². The van der Waals surface area contributed by atoms with E-state index in [1.165, 1.54) is 0 Å². The van der Waals surface area contributed by atoms with Crippen molar-refractivity contribution >= 4 is 32.6 Å². The van der Waals surface area contributed by atoms with E-state index in [-0.39, 0.29) is 5.91 Å². The molecule has 0 bridgehead atoms. The molecule has 6 heteroatoms. The van der Waals surface area contributed by atoms with E-state index < -0.39 is 0 Å². The first-order valence-corrected chi connectivity index (χ1v) is 6.97. The van der Waals surface area contributed by atoms with E-state index >= 15 is 0 Å². The predicted molar refractivity (Wildman–Crippen MR) is 77.7 cm³/mol.